The number of carbonyl (C=O) groups excluding carboxylic acids is 2. The molecule has 7 heteroatoms. The molecule has 6 rings (SSSR count). The molecule has 172 valence electrons. The molecule has 3 aromatic rings. The van der Waals surface area contributed by atoms with E-state index in [1.807, 2.05) is 72.8 Å². The summed E-state index contributed by atoms with van der Waals surface area (Å²) in [5.41, 5.74) is 2.08. The molecule has 3 aliphatic rings. The SMILES string of the molecule is COc1ccc2c(c1)[C@]1(C(=O)N2)[C@H](C(=O)c2ccccc2)[C@H](c2ccc(Cl)cc2)[C@@H]2CSCN21. The van der Waals surface area contributed by atoms with Gasteiger partial charge in [0, 0.05) is 45.4 Å². The molecule has 2 saturated heterocycles. The molecule has 3 aliphatic heterocycles. The second-order valence-corrected chi connectivity index (χ2v) is 10.4. The first-order valence-corrected chi connectivity index (χ1v) is 12.8. The van der Waals surface area contributed by atoms with Gasteiger partial charge in [-0.15, -0.1) is 11.8 Å². The number of Topliss-reactive ketones (excluding diaryl/α,β-unsaturated/α-hetero) is 1. The third-order valence-electron chi connectivity index (χ3n) is 7.42. The Hall–Kier alpha value is -2.80. The van der Waals surface area contributed by atoms with Crippen molar-refractivity contribution >= 4 is 40.7 Å². The molecule has 1 N–H and O–H groups in total. The number of nitrogens with zero attached hydrogens (tertiary/aromatic N) is 1. The lowest BCUT2D eigenvalue weighted by atomic mass is 9.69. The minimum Gasteiger partial charge on any atom is -0.497 e. The van der Waals surface area contributed by atoms with Crippen molar-refractivity contribution in [1.29, 1.82) is 0 Å². The van der Waals surface area contributed by atoms with E-state index in [2.05, 4.69) is 10.2 Å². The molecule has 0 aliphatic carbocycles. The summed E-state index contributed by atoms with van der Waals surface area (Å²) >= 11 is 8.01. The van der Waals surface area contributed by atoms with Crippen LogP contribution in [-0.2, 0) is 10.3 Å². The molecule has 0 aromatic heterocycles. The van der Waals surface area contributed by atoms with E-state index in [4.69, 9.17) is 16.3 Å². The van der Waals surface area contributed by atoms with Crippen molar-refractivity contribution in [3.8, 4) is 5.75 Å². The molecule has 0 radical (unpaired) electrons. The molecule has 0 bridgehead atoms. The van der Waals surface area contributed by atoms with E-state index in [1.165, 1.54) is 0 Å². The molecular weight excluding hydrogens is 468 g/mol. The van der Waals surface area contributed by atoms with Crippen LogP contribution in [-0.4, -0.2) is 41.4 Å². The largest absolute Gasteiger partial charge is 0.497 e. The Morgan fingerprint density at radius 2 is 1.88 bits per heavy atom. The van der Waals surface area contributed by atoms with Crippen LogP contribution >= 0.6 is 23.4 Å². The number of methoxy groups -OCH3 is 1. The summed E-state index contributed by atoms with van der Waals surface area (Å²) in [6.07, 6.45) is 0. The van der Waals surface area contributed by atoms with Crippen LogP contribution in [0.3, 0.4) is 0 Å². The maximum Gasteiger partial charge on any atom is 0.250 e. The van der Waals surface area contributed by atoms with E-state index >= 15 is 0 Å². The van der Waals surface area contributed by atoms with E-state index < -0.39 is 11.5 Å². The Morgan fingerprint density at radius 3 is 2.62 bits per heavy atom. The number of fused-ring (bicyclic) bond motifs is 4. The first kappa shape index (κ1) is 21.7. The van der Waals surface area contributed by atoms with Gasteiger partial charge in [-0.25, -0.2) is 0 Å². The molecule has 34 heavy (non-hydrogen) atoms. The van der Waals surface area contributed by atoms with Crippen molar-refractivity contribution in [1.82, 2.24) is 4.90 Å². The molecule has 3 heterocycles. The summed E-state index contributed by atoms with van der Waals surface area (Å²) in [5, 5.41) is 3.74. The van der Waals surface area contributed by atoms with Crippen LogP contribution in [0.25, 0.3) is 0 Å². The number of rotatable bonds is 4. The van der Waals surface area contributed by atoms with Crippen LogP contribution < -0.4 is 10.1 Å². The van der Waals surface area contributed by atoms with Gasteiger partial charge in [0.1, 0.15) is 11.3 Å². The van der Waals surface area contributed by atoms with Crippen LogP contribution in [0.5, 0.6) is 5.75 Å². The number of hydrogen-bond acceptors (Lipinski definition) is 5. The summed E-state index contributed by atoms with van der Waals surface area (Å²) in [7, 11) is 1.62. The predicted octanol–water partition coefficient (Wildman–Crippen LogP) is 5.17. The van der Waals surface area contributed by atoms with Crippen LogP contribution in [0.4, 0.5) is 5.69 Å². The van der Waals surface area contributed by atoms with Gasteiger partial charge in [-0.05, 0) is 35.9 Å². The fourth-order valence-electron chi connectivity index (χ4n) is 6.02. The molecule has 0 saturated carbocycles. The number of amides is 1. The molecule has 4 atom stereocenters. The van der Waals surface area contributed by atoms with E-state index in [1.54, 1.807) is 18.9 Å². The summed E-state index contributed by atoms with van der Waals surface area (Å²) < 4.78 is 5.53. The number of thioether (sulfide) groups is 1. The van der Waals surface area contributed by atoms with E-state index in [-0.39, 0.29) is 23.7 Å². The Morgan fingerprint density at radius 1 is 1.12 bits per heavy atom. The zero-order valence-corrected chi connectivity index (χ0v) is 20.1. The van der Waals surface area contributed by atoms with Crippen molar-refractivity contribution in [3.05, 3.63) is 94.5 Å². The third-order valence-corrected chi connectivity index (χ3v) is 8.71. The van der Waals surface area contributed by atoms with Crippen LogP contribution in [0.15, 0.2) is 72.8 Å². The number of nitrogens with one attached hydrogen (secondary N) is 1. The van der Waals surface area contributed by atoms with Gasteiger partial charge in [0.25, 0.3) is 0 Å². The lowest BCUT2D eigenvalue weighted by molar-refractivity contribution is -0.127. The van der Waals surface area contributed by atoms with Gasteiger partial charge >= 0.3 is 0 Å². The van der Waals surface area contributed by atoms with Gasteiger partial charge in [-0.3, -0.25) is 14.5 Å². The molecule has 3 aromatic carbocycles. The van der Waals surface area contributed by atoms with Gasteiger partial charge in [0.2, 0.25) is 5.91 Å². The fraction of sp³-hybridized carbons (Fsp3) is 0.259. The number of anilines is 1. The number of benzene rings is 3. The van der Waals surface area contributed by atoms with Crippen LogP contribution in [0.1, 0.15) is 27.4 Å². The number of hydrogen-bond donors (Lipinski definition) is 1. The zero-order valence-electron chi connectivity index (χ0n) is 18.5. The minimum atomic E-state index is -1.12. The molecule has 5 nitrogen and oxygen atoms in total. The normalized spacial score (nSPS) is 27.5. The Balaban J connectivity index is 1.62. The van der Waals surface area contributed by atoms with Crippen molar-refractivity contribution in [2.75, 3.05) is 24.1 Å². The van der Waals surface area contributed by atoms with Crippen molar-refractivity contribution < 1.29 is 14.3 Å². The highest BCUT2D eigenvalue weighted by molar-refractivity contribution is 7.99. The number of halogens is 1. The van der Waals surface area contributed by atoms with Gasteiger partial charge in [0.15, 0.2) is 5.78 Å². The molecule has 1 amide bonds. The number of carbonyl (C=O) groups is 2. The maximum absolute atomic E-state index is 14.3. The number of ketones is 1. The smallest absolute Gasteiger partial charge is 0.250 e. The minimum absolute atomic E-state index is 0.0224. The van der Waals surface area contributed by atoms with Gasteiger partial charge in [-0.1, -0.05) is 54.1 Å². The fourth-order valence-corrected chi connectivity index (χ4v) is 7.47. The number of ether oxygens (including phenoxy) is 1. The van der Waals surface area contributed by atoms with E-state index in [0.29, 0.717) is 22.2 Å². The highest BCUT2D eigenvalue weighted by Crippen LogP contribution is 2.61. The quantitative estimate of drug-likeness (QED) is 0.511. The predicted molar refractivity (Wildman–Crippen MR) is 135 cm³/mol. The second kappa shape index (κ2) is 8.15. The Labute approximate surface area is 207 Å². The maximum atomic E-state index is 14.3. The Bertz CT molecular complexity index is 1280. The standard InChI is InChI=1S/C27H23ClN2O3S/c1-33-19-11-12-21-20(13-19)27(26(32)29-21)24(25(31)17-5-3-2-4-6-17)23(22-14-34-15-30(22)27)16-7-9-18(28)10-8-16/h2-13,22-24H,14-15H2,1H3,(H,29,32)/t22-,23+,24-,27+/m0/s1. The highest BCUT2D eigenvalue weighted by atomic mass is 35.5. The summed E-state index contributed by atoms with van der Waals surface area (Å²) in [6.45, 7) is 0. The lowest BCUT2D eigenvalue weighted by Gasteiger charge is -2.36. The van der Waals surface area contributed by atoms with E-state index in [9.17, 15) is 9.59 Å². The van der Waals surface area contributed by atoms with Gasteiger partial charge in [-0.2, -0.15) is 0 Å². The van der Waals surface area contributed by atoms with Crippen LogP contribution in [0, 0.1) is 5.92 Å². The van der Waals surface area contributed by atoms with Crippen molar-refractivity contribution in [2.45, 2.75) is 17.5 Å². The highest BCUT2D eigenvalue weighted by Gasteiger charge is 2.69. The molecular formula is C27H23ClN2O3S. The zero-order chi connectivity index (χ0) is 23.4. The summed E-state index contributed by atoms with van der Waals surface area (Å²) in [4.78, 5) is 30.6. The Kier molecular flexibility index (Phi) is 5.21. The average Bonchev–Trinajstić information content (AvgIpc) is 3.53. The molecule has 2 fully saturated rings. The topological polar surface area (TPSA) is 58.6 Å². The third kappa shape index (κ3) is 2.98. The molecule has 0 unspecified atom stereocenters. The summed E-state index contributed by atoms with van der Waals surface area (Å²) in [5.74, 6) is 1.26. The van der Waals surface area contributed by atoms with Crippen molar-refractivity contribution in [3.63, 3.8) is 0 Å². The first-order valence-electron chi connectivity index (χ1n) is 11.2. The average molecular weight is 491 g/mol. The van der Waals surface area contributed by atoms with Gasteiger partial charge in [0.05, 0.1) is 13.0 Å². The lowest BCUT2D eigenvalue weighted by Crippen LogP contribution is -2.52. The van der Waals surface area contributed by atoms with Crippen LogP contribution in [0.2, 0.25) is 5.02 Å². The monoisotopic (exact) mass is 490 g/mol. The van der Waals surface area contributed by atoms with Gasteiger partial charge < -0.3 is 10.1 Å². The van der Waals surface area contributed by atoms with Crippen molar-refractivity contribution in [2.24, 2.45) is 5.92 Å². The molecule has 1 spiro atoms. The summed E-state index contributed by atoms with van der Waals surface area (Å²) in [6, 6.07) is 22.7. The van der Waals surface area contributed by atoms with E-state index in [0.717, 1.165) is 22.6 Å². The second-order valence-electron chi connectivity index (χ2n) is 8.95. The first-order chi connectivity index (χ1) is 16.6.